The Morgan fingerprint density at radius 2 is 1.68 bits per heavy atom. The second-order valence-corrected chi connectivity index (χ2v) is 13.3. The summed E-state index contributed by atoms with van der Waals surface area (Å²) in [5.41, 5.74) is 0. The molecule has 0 heterocycles. The summed E-state index contributed by atoms with van der Waals surface area (Å²) in [6.07, 6.45) is 5.97. The molecule has 0 aliphatic carbocycles. The number of benzene rings is 1. The Bertz CT molecular complexity index is 387. The minimum absolute atomic E-state index is 0.395. The van der Waals surface area contributed by atoms with Crippen molar-refractivity contribution in [1.82, 2.24) is 0 Å². The SMILES string of the molecule is CC(C)(C)SCC/C=C\C[Si](C)(C)c1ccccc1. The van der Waals surface area contributed by atoms with Crippen LogP contribution in [0, 0.1) is 0 Å². The van der Waals surface area contributed by atoms with Gasteiger partial charge < -0.3 is 0 Å². The van der Waals surface area contributed by atoms with E-state index >= 15 is 0 Å². The molecule has 0 radical (unpaired) electrons. The van der Waals surface area contributed by atoms with Gasteiger partial charge in [-0.3, -0.25) is 0 Å². The van der Waals surface area contributed by atoms with Gasteiger partial charge in [0.25, 0.3) is 0 Å². The van der Waals surface area contributed by atoms with Crippen LogP contribution in [-0.2, 0) is 0 Å². The first-order valence-corrected chi connectivity index (χ1v) is 11.3. The van der Waals surface area contributed by atoms with E-state index in [4.69, 9.17) is 0 Å². The van der Waals surface area contributed by atoms with E-state index in [1.165, 1.54) is 18.2 Å². The molecule has 1 aromatic rings. The largest absolute Gasteiger partial charge is 0.156 e. The normalized spacial score (nSPS) is 13.1. The Balaban J connectivity index is 2.35. The van der Waals surface area contributed by atoms with Crippen LogP contribution >= 0.6 is 11.8 Å². The fourth-order valence-electron chi connectivity index (χ4n) is 1.94. The predicted octanol–water partition coefficient (Wildman–Crippen LogP) is 5.08. The molecule has 0 saturated carbocycles. The van der Waals surface area contributed by atoms with Gasteiger partial charge in [0.15, 0.2) is 0 Å². The summed E-state index contributed by atoms with van der Waals surface area (Å²) in [6.45, 7) is 11.8. The predicted molar refractivity (Wildman–Crippen MR) is 94.3 cm³/mol. The fourth-order valence-corrected chi connectivity index (χ4v) is 4.89. The molecule has 0 bridgehead atoms. The molecule has 0 unspecified atom stereocenters. The number of hydrogen-bond donors (Lipinski definition) is 0. The second-order valence-electron chi connectivity index (χ2n) is 6.67. The fraction of sp³-hybridized carbons (Fsp3) is 0.529. The Hall–Kier alpha value is -0.473. The van der Waals surface area contributed by atoms with Crippen molar-refractivity contribution in [3.63, 3.8) is 0 Å². The topological polar surface area (TPSA) is 0 Å². The molecule has 2 heteroatoms. The van der Waals surface area contributed by atoms with Crippen LogP contribution < -0.4 is 5.19 Å². The van der Waals surface area contributed by atoms with E-state index in [0.717, 1.165) is 0 Å². The van der Waals surface area contributed by atoms with E-state index in [0.29, 0.717) is 4.75 Å². The van der Waals surface area contributed by atoms with Gasteiger partial charge in [-0.2, -0.15) is 11.8 Å². The molecular formula is C17H28SSi. The van der Waals surface area contributed by atoms with Gasteiger partial charge in [-0.05, 0) is 18.2 Å². The molecule has 1 rings (SSSR count). The second kappa shape index (κ2) is 7.35. The number of rotatable bonds is 6. The van der Waals surface area contributed by atoms with Crippen LogP contribution in [0.2, 0.25) is 19.1 Å². The van der Waals surface area contributed by atoms with Crippen LogP contribution in [0.25, 0.3) is 0 Å². The summed E-state index contributed by atoms with van der Waals surface area (Å²) in [7, 11) is -1.27. The van der Waals surface area contributed by atoms with E-state index in [1.54, 1.807) is 5.19 Å². The monoisotopic (exact) mass is 292 g/mol. The van der Waals surface area contributed by atoms with Crippen molar-refractivity contribution in [3.8, 4) is 0 Å². The van der Waals surface area contributed by atoms with Crippen molar-refractivity contribution in [3.05, 3.63) is 42.5 Å². The number of allylic oxidation sites excluding steroid dienone is 2. The van der Waals surface area contributed by atoms with Crippen LogP contribution in [-0.4, -0.2) is 18.6 Å². The van der Waals surface area contributed by atoms with Crippen LogP contribution in [0.5, 0.6) is 0 Å². The van der Waals surface area contributed by atoms with Gasteiger partial charge in [-0.25, -0.2) is 0 Å². The van der Waals surface area contributed by atoms with Crippen LogP contribution in [0.15, 0.2) is 42.5 Å². The molecular weight excluding hydrogens is 264 g/mol. The molecule has 0 atom stereocenters. The Morgan fingerprint density at radius 3 is 2.26 bits per heavy atom. The summed E-state index contributed by atoms with van der Waals surface area (Å²) in [5, 5.41) is 1.56. The van der Waals surface area contributed by atoms with Crippen molar-refractivity contribution in [1.29, 1.82) is 0 Å². The zero-order chi connectivity index (χ0) is 14.4. The highest BCUT2D eigenvalue weighted by Gasteiger charge is 2.20. The summed E-state index contributed by atoms with van der Waals surface area (Å²) >= 11 is 2.05. The maximum Gasteiger partial charge on any atom is 0.0843 e. The molecule has 0 spiro atoms. The van der Waals surface area contributed by atoms with Crippen molar-refractivity contribution in [2.24, 2.45) is 0 Å². The molecule has 0 aromatic heterocycles. The third kappa shape index (κ3) is 7.02. The molecule has 0 aliphatic rings. The average molecular weight is 293 g/mol. The maximum absolute atomic E-state index is 2.45. The highest BCUT2D eigenvalue weighted by atomic mass is 32.2. The highest BCUT2D eigenvalue weighted by Crippen LogP contribution is 2.23. The van der Waals surface area contributed by atoms with Crippen LogP contribution in [0.1, 0.15) is 27.2 Å². The summed E-state index contributed by atoms with van der Waals surface area (Å²) < 4.78 is 0.395. The minimum atomic E-state index is -1.27. The standard InChI is InChI=1S/C17H28SSi/c1-17(2,3)18-14-10-7-11-15-19(4,5)16-12-8-6-9-13-16/h6-9,11-13H,10,14-15H2,1-5H3/b11-7-. The van der Waals surface area contributed by atoms with Crippen LogP contribution in [0.3, 0.4) is 0 Å². The van der Waals surface area contributed by atoms with E-state index in [2.05, 4.69) is 76.3 Å². The van der Waals surface area contributed by atoms with Crippen molar-refractivity contribution >= 4 is 25.0 Å². The van der Waals surface area contributed by atoms with E-state index in [9.17, 15) is 0 Å². The average Bonchev–Trinajstić information content (AvgIpc) is 2.33. The number of thioether (sulfide) groups is 1. The Kier molecular flexibility index (Phi) is 6.41. The molecule has 106 valence electrons. The van der Waals surface area contributed by atoms with Gasteiger partial charge in [0.2, 0.25) is 0 Å². The molecule has 0 fully saturated rings. The molecule has 0 aliphatic heterocycles. The first kappa shape index (κ1) is 16.6. The van der Waals surface area contributed by atoms with Gasteiger partial charge in [-0.15, -0.1) is 0 Å². The first-order valence-electron chi connectivity index (χ1n) is 7.16. The van der Waals surface area contributed by atoms with Gasteiger partial charge in [0.05, 0.1) is 8.07 Å². The maximum atomic E-state index is 2.45. The summed E-state index contributed by atoms with van der Waals surface area (Å²) in [6, 6.07) is 12.2. The lowest BCUT2D eigenvalue weighted by atomic mass is 10.3. The molecule has 19 heavy (non-hydrogen) atoms. The van der Waals surface area contributed by atoms with Gasteiger partial charge in [-0.1, -0.05) is 81.5 Å². The minimum Gasteiger partial charge on any atom is -0.156 e. The molecule has 1 aromatic carbocycles. The van der Waals surface area contributed by atoms with E-state index < -0.39 is 8.07 Å². The van der Waals surface area contributed by atoms with Crippen molar-refractivity contribution < 1.29 is 0 Å². The van der Waals surface area contributed by atoms with Gasteiger partial charge in [0.1, 0.15) is 0 Å². The van der Waals surface area contributed by atoms with E-state index in [1.807, 2.05) is 11.8 Å². The summed E-state index contributed by atoms with van der Waals surface area (Å²) in [5.74, 6) is 1.23. The third-order valence-corrected chi connectivity index (χ3v) is 7.63. The zero-order valence-corrected chi connectivity index (χ0v) is 14.9. The van der Waals surface area contributed by atoms with E-state index in [-0.39, 0.29) is 0 Å². The lowest BCUT2D eigenvalue weighted by Gasteiger charge is -2.21. The third-order valence-electron chi connectivity index (χ3n) is 3.17. The van der Waals surface area contributed by atoms with Gasteiger partial charge in [0, 0.05) is 4.75 Å². The van der Waals surface area contributed by atoms with Crippen LogP contribution in [0.4, 0.5) is 0 Å². The first-order chi connectivity index (χ1) is 8.81. The lowest BCUT2D eigenvalue weighted by Crippen LogP contribution is -2.40. The zero-order valence-electron chi connectivity index (χ0n) is 13.1. The van der Waals surface area contributed by atoms with Crippen molar-refractivity contribution in [2.75, 3.05) is 5.75 Å². The van der Waals surface area contributed by atoms with Gasteiger partial charge >= 0.3 is 0 Å². The quantitative estimate of drug-likeness (QED) is 0.400. The Morgan fingerprint density at radius 1 is 1.05 bits per heavy atom. The smallest absolute Gasteiger partial charge is 0.0843 e. The van der Waals surface area contributed by atoms with Crippen molar-refractivity contribution in [2.45, 2.75) is 51.1 Å². The molecule has 0 N–H and O–H groups in total. The molecule has 0 saturated heterocycles. The summed E-state index contributed by atoms with van der Waals surface area (Å²) in [4.78, 5) is 0. The number of hydrogen-bond acceptors (Lipinski definition) is 1. The molecule has 0 amide bonds. The Labute approximate surface area is 124 Å². The molecule has 0 nitrogen and oxygen atoms in total. The lowest BCUT2D eigenvalue weighted by molar-refractivity contribution is 0.802. The highest BCUT2D eigenvalue weighted by molar-refractivity contribution is 8.00.